The molecule has 0 amide bonds. The SMILES string of the molecule is CP(C)(=O)CN1CCC(C(=O)O)CC1.Cl. The highest BCUT2D eigenvalue weighted by Gasteiger charge is 2.26. The van der Waals surface area contributed by atoms with Gasteiger partial charge < -0.3 is 9.67 Å². The summed E-state index contributed by atoms with van der Waals surface area (Å²) in [6.45, 7) is 5.08. The molecule has 0 saturated carbocycles. The number of piperidine rings is 1. The van der Waals surface area contributed by atoms with Crippen molar-refractivity contribution in [3.05, 3.63) is 0 Å². The Morgan fingerprint density at radius 2 is 1.87 bits per heavy atom. The van der Waals surface area contributed by atoms with E-state index in [0.29, 0.717) is 19.1 Å². The molecule has 1 rings (SSSR count). The first-order valence-electron chi connectivity index (χ1n) is 4.87. The van der Waals surface area contributed by atoms with Crippen LogP contribution in [-0.4, -0.2) is 48.7 Å². The van der Waals surface area contributed by atoms with Gasteiger partial charge in [0.05, 0.1) is 19.3 Å². The zero-order valence-corrected chi connectivity index (χ0v) is 10.9. The van der Waals surface area contributed by atoms with E-state index in [9.17, 15) is 9.36 Å². The number of carboxylic acid groups (broad SMARTS) is 1. The van der Waals surface area contributed by atoms with Crippen molar-refractivity contribution >= 4 is 25.5 Å². The van der Waals surface area contributed by atoms with Crippen LogP contribution in [0.4, 0.5) is 0 Å². The van der Waals surface area contributed by atoms with Gasteiger partial charge in [0, 0.05) is 0 Å². The molecule has 1 heterocycles. The molecule has 1 N–H and O–H groups in total. The summed E-state index contributed by atoms with van der Waals surface area (Å²) in [5.74, 6) is -0.889. The summed E-state index contributed by atoms with van der Waals surface area (Å²) in [6.07, 6.45) is 2.00. The van der Waals surface area contributed by atoms with Crippen LogP contribution in [0.3, 0.4) is 0 Å². The summed E-state index contributed by atoms with van der Waals surface area (Å²) >= 11 is 0. The third-order valence-corrected chi connectivity index (χ3v) is 3.56. The summed E-state index contributed by atoms with van der Waals surface area (Å²) in [6, 6.07) is 0. The number of likely N-dealkylation sites (tertiary alicyclic amines) is 1. The predicted octanol–water partition coefficient (Wildman–Crippen LogP) is 1.78. The van der Waals surface area contributed by atoms with Crippen LogP contribution in [0.25, 0.3) is 0 Å². The minimum atomic E-state index is -2.00. The van der Waals surface area contributed by atoms with Gasteiger partial charge in [0.15, 0.2) is 0 Å². The van der Waals surface area contributed by atoms with E-state index in [1.165, 1.54) is 0 Å². The number of halogens is 1. The van der Waals surface area contributed by atoms with Gasteiger partial charge in [-0.25, -0.2) is 0 Å². The fraction of sp³-hybridized carbons (Fsp3) is 0.889. The van der Waals surface area contributed by atoms with Gasteiger partial charge in [-0.05, 0) is 39.3 Å². The Labute approximate surface area is 96.8 Å². The van der Waals surface area contributed by atoms with E-state index in [0.717, 1.165) is 13.1 Å². The Hall–Kier alpha value is -0.0500. The third kappa shape index (κ3) is 5.55. The molecule has 0 aliphatic carbocycles. The lowest BCUT2D eigenvalue weighted by molar-refractivity contribution is -0.143. The van der Waals surface area contributed by atoms with Crippen molar-refractivity contribution in [3.63, 3.8) is 0 Å². The molecule has 0 bridgehead atoms. The fourth-order valence-electron chi connectivity index (χ4n) is 1.80. The molecule has 6 heteroatoms. The summed E-state index contributed by atoms with van der Waals surface area (Å²) < 4.78 is 11.5. The summed E-state index contributed by atoms with van der Waals surface area (Å²) in [7, 11) is -2.00. The van der Waals surface area contributed by atoms with E-state index >= 15 is 0 Å². The van der Waals surface area contributed by atoms with Gasteiger partial charge in [-0.1, -0.05) is 0 Å². The van der Waals surface area contributed by atoms with Crippen LogP contribution in [0.5, 0.6) is 0 Å². The van der Waals surface area contributed by atoms with E-state index in [2.05, 4.69) is 4.90 Å². The number of hydrogen-bond donors (Lipinski definition) is 1. The lowest BCUT2D eigenvalue weighted by Gasteiger charge is -2.30. The molecule has 15 heavy (non-hydrogen) atoms. The van der Waals surface area contributed by atoms with Crippen LogP contribution < -0.4 is 0 Å². The van der Waals surface area contributed by atoms with Crippen molar-refractivity contribution in [3.8, 4) is 0 Å². The van der Waals surface area contributed by atoms with Crippen LogP contribution in [0.2, 0.25) is 0 Å². The Morgan fingerprint density at radius 3 is 2.20 bits per heavy atom. The molecule has 0 spiro atoms. The molecule has 1 fully saturated rings. The zero-order valence-electron chi connectivity index (χ0n) is 9.18. The fourth-order valence-corrected chi connectivity index (χ4v) is 3.05. The second-order valence-corrected chi connectivity index (χ2v) is 7.88. The lowest BCUT2D eigenvalue weighted by Crippen LogP contribution is -2.36. The molecule has 0 aromatic carbocycles. The quantitative estimate of drug-likeness (QED) is 0.781. The number of carboxylic acids is 1. The molecule has 0 radical (unpaired) electrons. The molecular weight excluding hydrogens is 237 g/mol. The van der Waals surface area contributed by atoms with Crippen molar-refractivity contribution in [2.75, 3.05) is 32.7 Å². The smallest absolute Gasteiger partial charge is 0.306 e. The minimum Gasteiger partial charge on any atom is -0.481 e. The molecule has 1 aliphatic heterocycles. The lowest BCUT2D eigenvalue weighted by atomic mass is 9.98. The number of carbonyl (C=O) groups is 1. The number of hydrogen-bond acceptors (Lipinski definition) is 3. The second kappa shape index (κ2) is 5.88. The monoisotopic (exact) mass is 255 g/mol. The first-order chi connectivity index (χ1) is 6.38. The predicted molar refractivity (Wildman–Crippen MR) is 63.5 cm³/mol. The van der Waals surface area contributed by atoms with Crippen LogP contribution in [0.1, 0.15) is 12.8 Å². The average molecular weight is 256 g/mol. The summed E-state index contributed by atoms with van der Waals surface area (Å²) in [4.78, 5) is 12.8. The highest BCUT2D eigenvalue weighted by molar-refractivity contribution is 7.62. The highest BCUT2D eigenvalue weighted by atomic mass is 35.5. The first-order valence-corrected chi connectivity index (χ1v) is 7.66. The maximum atomic E-state index is 11.5. The maximum Gasteiger partial charge on any atom is 0.306 e. The molecule has 0 unspecified atom stereocenters. The summed E-state index contributed by atoms with van der Waals surface area (Å²) in [5, 5.41) is 8.78. The Bertz CT molecular complexity index is 258. The van der Waals surface area contributed by atoms with E-state index in [-0.39, 0.29) is 18.3 Å². The van der Waals surface area contributed by atoms with Gasteiger partial charge in [-0.2, -0.15) is 0 Å². The second-order valence-electron chi connectivity index (χ2n) is 4.45. The van der Waals surface area contributed by atoms with E-state index in [1.54, 1.807) is 13.3 Å². The molecule has 1 aliphatic rings. The molecule has 0 aromatic rings. The van der Waals surface area contributed by atoms with Crippen molar-refractivity contribution < 1.29 is 14.5 Å². The van der Waals surface area contributed by atoms with Crippen LogP contribution >= 0.6 is 19.5 Å². The molecule has 4 nitrogen and oxygen atoms in total. The zero-order chi connectivity index (χ0) is 10.8. The summed E-state index contributed by atoms with van der Waals surface area (Å²) in [5.41, 5.74) is 0. The molecule has 90 valence electrons. The normalized spacial score (nSPS) is 19.6. The number of nitrogens with zero attached hydrogens (tertiary/aromatic N) is 1. The minimum absolute atomic E-state index is 0. The van der Waals surface area contributed by atoms with Crippen molar-refractivity contribution in [1.29, 1.82) is 0 Å². The molecule has 1 saturated heterocycles. The van der Waals surface area contributed by atoms with E-state index < -0.39 is 13.1 Å². The van der Waals surface area contributed by atoms with Gasteiger partial charge in [0.2, 0.25) is 0 Å². The third-order valence-electron chi connectivity index (χ3n) is 2.48. The standard InChI is InChI=1S/C9H18NO3P.ClH/c1-14(2,13)7-10-5-3-8(4-6-10)9(11)12;/h8H,3-7H2,1-2H3,(H,11,12);1H. The van der Waals surface area contributed by atoms with Crippen LogP contribution in [-0.2, 0) is 9.36 Å². The van der Waals surface area contributed by atoms with Crippen molar-refractivity contribution in [2.24, 2.45) is 5.92 Å². The van der Waals surface area contributed by atoms with Gasteiger partial charge in [-0.15, -0.1) is 12.4 Å². The number of rotatable bonds is 3. The molecule has 0 atom stereocenters. The average Bonchev–Trinajstić information content (AvgIpc) is 2.02. The van der Waals surface area contributed by atoms with E-state index in [4.69, 9.17) is 5.11 Å². The van der Waals surface area contributed by atoms with Gasteiger partial charge in [0.25, 0.3) is 0 Å². The van der Waals surface area contributed by atoms with Crippen molar-refractivity contribution in [2.45, 2.75) is 12.8 Å². The van der Waals surface area contributed by atoms with E-state index in [1.807, 2.05) is 0 Å². The largest absolute Gasteiger partial charge is 0.481 e. The van der Waals surface area contributed by atoms with Gasteiger partial charge >= 0.3 is 5.97 Å². The molecule has 0 aromatic heterocycles. The Balaban J connectivity index is 0.00000196. The Morgan fingerprint density at radius 1 is 1.40 bits per heavy atom. The van der Waals surface area contributed by atoms with Crippen LogP contribution in [0.15, 0.2) is 0 Å². The van der Waals surface area contributed by atoms with Gasteiger partial charge in [-0.3, -0.25) is 9.69 Å². The topological polar surface area (TPSA) is 57.6 Å². The first kappa shape index (κ1) is 14.9. The highest BCUT2D eigenvalue weighted by Crippen LogP contribution is 2.37. The molecular formula is C9H19ClNO3P. The number of aliphatic carboxylic acids is 1. The van der Waals surface area contributed by atoms with Crippen molar-refractivity contribution in [1.82, 2.24) is 4.90 Å². The Kier molecular flexibility index (Phi) is 5.86. The van der Waals surface area contributed by atoms with Crippen LogP contribution in [0, 0.1) is 5.92 Å². The maximum absolute atomic E-state index is 11.5. The van der Waals surface area contributed by atoms with Gasteiger partial charge in [0.1, 0.15) is 0 Å².